The Morgan fingerprint density at radius 1 is 0.895 bits per heavy atom. The van der Waals surface area contributed by atoms with Crippen molar-refractivity contribution in [2.75, 3.05) is 31.1 Å². The number of benzene rings is 2. The molecule has 38 heavy (non-hydrogen) atoms. The molecule has 7 heteroatoms. The number of hydrogen-bond donors (Lipinski definition) is 0. The van der Waals surface area contributed by atoms with Gasteiger partial charge in [-0.3, -0.25) is 0 Å². The zero-order chi connectivity index (χ0) is 26.7. The molecule has 202 valence electrons. The van der Waals surface area contributed by atoms with E-state index in [0.717, 1.165) is 31.2 Å². The fourth-order valence-corrected chi connectivity index (χ4v) is 5.74. The maximum absolute atomic E-state index is 12.7. The molecular weight excluding hydrogens is 478 g/mol. The average Bonchev–Trinajstić information content (AvgIpc) is 3.16. The lowest BCUT2D eigenvalue weighted by Gasteiger charge is -2.42. The van der Waals surface area contributed by atoms with Crippen molar-refractivity contribution in [1.82, 2.24) is 9.80 Å². The van der Waals surface area contributed by atoms with Crippen LogP contribution in [0.5, 0.6) is 0 Å². The Bertz CT molecular complexity index is 1150. The predicted octanol–water partition coefficient (Wildman–Crippen LogP) is 6.09. The summed E-state index contributed by atoms with van der Waals surface area (Å²) in [6.45, 7) is 8.80. The van der Waals surface area contributed by atoms with Gasteiger partial charge in [-0.1, -0.05) is 54.1 Å². The number of anilines is 1. The lowest BCUT2D eigenvalue weighted by molar-refractivity contribution is 0.0209. The van der Waals surface area contributed by atoms with Crippen LogP contribution in [0.3, 0.4) is 0 Å². The third-order valence-corrected chi connectivity index (χ3v) is 7.54. The van der Waals surface area contributed by atoms with E-state index in [9.17, 15) is 9.59 Å². The molecular formula is C31H39N3O4. The van der Waals surface area contributed by atoms with Crippen molar-refractivity contribution in [2.45, 2.75) is 70.7 Å². The number of amides is 2. The molecule has 3 heterocycles. The molecule has 3 fully saturated rings. The van der Waals surface area contributed by atoms with E-state index in [-0.39, 0.29) is 12.2 Å². The van der Waals surface area contributed by atoms with Crippen molar-refractivity contribution in [3.05, 3.63) is 71.3 Å². The van der Waals surface area contributed by atoms with Crippen LogP contribution in [0.25, 0.3) is 6.08 Å². The standard InChI is InChI=1S/C31H39N3O4/c1-31(2,3)38-30(36)33-20-27-12-13-28(21-33)34(27)26-11-7-10-25(19-26)18-23-14-16-32(17-15-23)29(35)37-22-24-8-5-4-6-9-24/h4-11,18-19,27-28H,12-17,20-22H2,1-3H3. The Morgan fingerprint density at radius 3 is 2.24 bits per heavy atom. The van der Waals surface area contributed by atoms with E-state index in [0.29, 0.717) is 44.9 Å². The summed E-state index contributed by atoms with van der Waals surface area (Å²) in [5, 5.41) is 0. The van der Waals surface area contributed by atoms with Crippen molar-refractivity contribution in [2.24, 2.45) is 0 Å². The molecule has 0 saturated carbocycles. The van der Waals surface area contributed by atoms with Crippen LogP contribution >= 0.6 is 0 Å². The van der Waals surface area contributed by atoms with Crippen LogP contribution in [-0.2, 0) is 16.1 Å². The third-order valence-electron chi connectivity index (χ3n) is 7.54. The van der Waals surface area contributed by atoms with Crippen molar-refractivity contribution >= 4 is 23.9 Å². The van der Waals surface area contributed by atoms with E-state index < -0.39 is 5.60 Å². The maximum atomic E-state index is 12.7. The molecule has 2 aromatic carbocycles. The smallest absolute Gasteiger partial charge is 0.410 e. The molecule has 2 bridgehead atoms. The van der Waals surface area contributed by atoms with Crippen molar-refractivity contribution in [3.63, 3.8) is 0 Å². The van der Waals surface area contributed by atoms with Crippen LogP contribution in [0.2, 0.25) is 0 Å². The number of ether oxygens (including phenoxy) is 2. The number of carbonyl (C=O) groups excluding carboxylic acids is 2. The van der Waals surface area contributed by atoms with Gasteiger partial charge in [0.1, 0.15) is 12.2 Å². The summed E-state index contributed by atoms with van der Waals surface area (Å²) in [5.74, 6) is 0. The fourth-order valence-electron chi connectivity index (χ4n) is 5.74. The minimum Gasteiger partial charge on any atom is -0.445 e. The van der Waals surface area contributed by atoms with Crippen molar-refractivity contribution in [1.29, 1.82) is 0 Å². The second-order valence-corrected chi connectivity index (χ2v) is 11.6. The highest BCUT2D eigenvalue weighted by atomic mass is 16.6. The lowest BCUT2D eigenvalue weighted by Crippen LogP contribution is -2.56. The maximum Gasteiger partial charge on any atom is 0.410 e. The molecule has 2 amide bonds. The molecule has 2 unspecified atom stereocenters. The molecule has 0 radical (unpaired) electrons. The number of piperazine rings is 1. The molecule has 7 nitrogen and oxygen atoms in total. The molecule has 2 atom stereocenters. The van der Waals surface area contributed by atoms with Crippen LogP contribution < -0.4 is 4.90 Å². The number of nitrogens with zero attached hydrogens (tertiary/aromatic N) is 3. The zero-order valence-corrected chi connectivity index (χ0v) is 22.8. The monoisotopic (exact) mass is 517 g/mol. The highest BCUT2D eigenvalue weighted by molar-refractivity contribution is 5.70. The van der Waals surface area contributed by atoms with Gasteiger partial charge in [-0.05, 0) is 69.7 Å². The Hall–Kier alpha value is -3.48. The summed E-state index contributed by atoms with van der Waals surface area (Å²) in [6, 6.07) is 19.1. The number of rotatable bonds is 4. The molecule has 3 saturated heterocycles. The average molecular weight is 518 g/mol. The molecule has 0 aromatic heterocycles. The molecule has 5 rings (SSSR count). The number of piperidine rings is 1. The van der Waals surface area contributed by atoms with E-state index in [1.54, 1.807) is 4.90 Å². The Labute approximate surface area is 226 Å². The molecule has 3 aliphatic heterocycles. The minimum absolute atomic E-state index is 0.206. The predicted molar refractivity (Wildman–Crippen MR) is 149 cm³/mol. The van der Waals surface area contributed by atoms with Gasteiger partial charge in [-0.15, -0.1) is 0 Å². The number of fused-ring (bicyclic) bond motifs is 2. The summed E-state index contributed by atoms with van der Waals surface area (Å²) < 4.78 is 11.1. The molecule has 2 aromatic rings. The van der Waals surface area contributed by atoms with Gasteiger partial charge in [0.05, 0.1) is 0 Å². The fraction of sp³-hybridized carbons (Fsp3) is 0.484. The first-order valence-corrected chi connectivity index (χ1v) is 13.8. The first kappa shape index (κ1) is 26.1. The second-order valence-electron chi connectivity index (χ2n) is 11.6. The first-order chi connectivity index (χ1) is 18.2. The topological polar surface area (TPSA) is 62.3 Å². The van der Waals surface area contributed by atoms with Crippen molar-refractivity contribution in [3.8, 4) is 0 Å². The van der Waals surface area contributed by atoms with Gasteiger partial charge in [0.15, 0.2) is 0 Å². The highest BCUT2D eigenvalue weighted by Gasteiger charge is 2.42. The Kier molecular flexibility index (Phi) is 7.63. The van der Waals surface area contributed by atoms with Crippen molar-refractivity contribution < 1.29 is 19.1 Å². The van der Waals surface area contributed by atoms with E-state index in [1.807, 2.05) is 56.0 Å². The Balaban J connectivity index is 1.17. The largest absolute Gasteiger partial charge is 0.445 e. The first-order valence-electron chi connectivity index (χ1n) is 13.8. The van der Waals surface area contributed by atoms with Gasteiger partial charge in [0, 0.05) is 44.0 Å². The minimum atomic E-state index is -0.478. The molecule has 0 aliphatic carbocycles. The van der Waals surface area contributed by atoms with E-state index in [4.69, 9.17) is 9.47 Å². The molecule has 3 aliphatic rings. The van der Waals surface area contributed by atoms with Crippen LogP contribution in [0.4, 0.5) is 15.3 Å². The van der Waals surface area contributed by atoms with E-state index >= 15 is 0 Å². The number of carbonyl (C=O) groups is 2. The van der Waals surface area contributed by atoms with Crippen LogP contribution in [-0.4, -0.2) is 65.9 Å². The number of likely N-dealkylation sites (tertiary alicyclic amines) is 2. The summed E-state index contributed by atoms with van der Waals surface area (Å²) in [7, 11) is 0. The lowest BCUT2D eigenvalue weighted by atomic mass is 10.0. The van der Waals surface area contributed by atoms with Crippen LogP contribution in [0, 0.1) is 0 Å². The van der Waals surface area contributed by atoms with Gasteiger partial charge >= 0.3 is 12.2 Å². The third kappa shape index (κ3) is 6.32. The normalized spacial score (nSPS) is 21.3. The number of hydrogen-bond acceptors (Lipinski definition) is 5. The quantitative estimate of drug-likeness (QED) is 0.491. The highest BCUT2D eigenvalue weighted by Crippen LogP contribution is 2.36. The van der Waals surface area contributed by atoms with Crippen LogP contribution in [0.15, 0.2) is 60.2 Å². The van der Waals surface area contributed by atoms with E-state index in [1.165, 1.54) is 16.8 Å². The van der Waals surface area contributed by atoms with Crippen LogP contribution in [0.1, 0.15) is 57.6 Å². The van der Waals surface area contributed by atoms with Gasteiger partial charge in [0.25, 0.3) is 0 Å². The summed E-state index contributed by atoms with van der Waals surface area (Å²) >= 11 is 0. The summed E-state index contributed by atoms with van der Waals surface area (Å²) in [4.78, 5) is 31.4. The SMILES string of the molecule is CC(C)(C)OC(=O)N1CC2CCC(C1)N2c1cccc(C=C2CCN(C(=O)OCc3ccccc3)CC2)c1. The van der Waals surface area contributed by atoms with Gasteiger partial charge < -0.3 is 24.2 Å². The van der Waals surface area contributed by atoms with Gasteiger partial charge in [-0.2, -0.15) is 0 Å². The zero-order valence-electron chi connectivity index (χ0n) is 22.8. The Morgan fingerprint density at radius 2 is 1.58 bits per heavy atom. The molecule has 0 N–H and O–H groups in total. The van der Waals surface area contributed by atoms with Gasteiger partial charge in [0.2, 0.25) is 0 Å². The van der Waals surface area contributed by atoms with Gasteiger partial charge in [-0.25, -0.2) is 9.59 Å². The van der Waals surface area contributed by atoms with E-state index in [2.05, 4.69) is 35.2 Å². The second kappa shape index (κ2) is 11.1. The summed E-state index contributed by atoms with van der Waals surface area (Å²) in [6.07, 6.45) is 5.71. The molecule has 0 spiro atoms. The summed E-state index contributed by atoms with van der Waals surface area (Å²) in [5.41, 5.74) is 4.28.